The van der Waals surface area contributed by atoms with Gasteiger partial charge in [0.05, 0.1) is 5.02 Å². The minimum Gasteiger partial charge on any atom is -0.490 e. The third-order valence-corrected chi connectivity index (χ3v) is 6.11. The number of rotatable bonds is 9. The van der Waals surface area contributed by atoms with Crippen molar-refractivity contribution in [1.29, 1.82) is 5.26 Å². The van der Waals surface area contributed by atoms with Crippen molar-refractivity contribution in [3.63, 3.8) is 0 Å². The first-order valence-corrected chi connectivity index (χ1v) is 12.8. The Bertz CT molecular complexity index is 1360. The fourth-order valence-electron chi connectivity index (χ4n) is 2.56. The van der Waals surface area contributed by atoms with E-state index in [1.165, 1.54) is 6.08 Å². The summed E-state index contributed by atoms with van der Waals surface area (Å²) < 4.78 is 37.8. The molecular weight excluding hydrogens is 500 g/mol. The van der Waals surface area contributed by atoms with Gasteiger partial charge in [0.25, 0.3) is 11.1 Å². The first-order valence-electron chi connectivity index (χ1n) is 9.74. The van der Waals surface area contributed by atoms with Gasteiger partial charge in [-0.15, -0.1) is 0 Å². The van der Waals surface area contributed by atoms with Crippen LogP contribution in [0.3, 0.4) is 0 Å². The molecule has 0 radical (unpaired) electrons. The summed E-state index contributed by atoms with van der Waals surface area (Å²) in [6.45, 7) is 2.59. The molecule has 0 aliphatic carbocycles. The molecule has 1 heterocycles. The van der Waals surface area contributed by atoms with Gasteiger partial charge in [-0.1, -0.05) is 35.4 Å². The highest BCUT2D eigenvalue weighted by molar-refractivity contribution is 7.90. The summed E-state index contributed by atoms with van der Waals surface area (Å²) in [5, 5.41) is 11.6. The molecule has 0 aliphatic rings. The molecule has 1 amide bonds. The lowest BCUT2D eigenvalue weighted by atomic mass is 10.1. The molecule has 0 saturated heterocycles. The summed E-state index contributed by atoms with van der Waals surface area (Å²) in [6.07, 6.45) is 2.29. The second-order valence-corrected chi connectivity index (χ2v) is 10.0. The molecule has 12 heteroatoms. The van der Waals surface area contributed by atoms with E-state index in [1.54, 1.807) is 24.3 Å². The van der Waals surface area contributed by atoms with Crippen LogP contribution in [0.2, 0.25) is 5.02 Å². The Labute approximate surface area is 205 Å². The lowest BCUT2D eigenvalue weighted by molar-refractivity contribution is -0.112. The largest absolute Gasteiger partial charge is 0.490 e. The molecule has 0 spiro atoms. The van der Waals surface area contributed by atoms with Crippen molar-refractivity contribution in [2.24, 2.45) is 0 Å². The number of sulfone groups is 1. The summed E-state index contributed by atoms with van der Waals surface area (Å²) in [4.78, 5) is 16.1. The van der Waals surface area contributed by atoms with Crippen LogP contribution in [0.1, 0.15) is 11.1 Å². The van der Waals surface area contributed by atoms with Crippen LogP contribution in [0.15, 0.2) is 53.2 Å². The zero-order chi connectivity index (χ0) is 24.7. The first kappa shape index (κ1) is 25.2. The highest BCUT2D eigenvalue weighted by atomic mass is 35.5. The molecule has 0 atom stereocenters. The normalized spacial score (nSPS) is 11.5. The van der Waals surface area contributed by atoms with E-state index in [9.17, 15) is 18.5 Å². The number of benzene rings is 2. The third kappa shape index (κ3) is 7.02. The number of nitriles is 1. The van der Waals surface area contributed by atoms with E-state index < -0.39 is 20.9 Å². The molecule has 1 N–H and O–H groups in total. The van der Waals surface area contributed by atoms with E-state index in [0.717, 1.165) is 17.6 Å². The molecule has 0 fully saturated rings. The number of nitrogens with one attached hydrogen (secondary N) is 1. The van der Waals surface area contributed by atoms with E-state index in [4.69, 9.17) is 21.1 Å². The van der Waals surface area contributed by atoms with Crippen LogP contribution in [0, 0.1) is 18.3 Å². The Morgan fingerprint density at radius 2 is 1.91 bits per heavy atom. The molecule has 0 aliphatic heterocycles. The molecular formula is C22H19ClN4O5S2. The second kappa shape index (κ2) is 11.1. The van der Waals surface area contributed by atoms with Crippen molar-refractivity contribution >= 4 is 50.1 Å². The molecule has 0 bridgehead atoms. The number of carbonyl (C=O) groups is 1. The number of ether oxygens (including phenoxy) is 2. The summed E-state index contributed by atoms with van der Waals surface area (Å²) in [6, 6.07) is 14.3. The van der Waals surface area contributed by atoms with Gasteiger partial charge in [-0.05, 0) is 42.8 Å². The summed E-state index contributed by atoms with van der Waals surface area (Å²) in [5.41, 5.74) is 1.41. The van der Waals surface area contributed by atoms with Crippen molar-refractivity contribution in [3.8, 4) is 17.6 Å². The van der Waals surface area contributed by atoms with Crippen molar-refractivity contribution in [1.82, 2.24) is 9.36 Å². The fourth-order valence-corrected chi connectivity index (χ4v) is 4.24. The third-order valence-electron chi connectivity index (χ3n) is 4.22. The Kier molecular flexibility index (Phi) is 8.22. The van der Waals surface area contributed by atoms with Gasteiger partial charge in [-0.2, -0.15) is 14.6 Å². The van der Waals surface area contributed by atoms with E-state index in [0.29, 0.717) is 34.5 Å². The first-order chi connectivity index (χ1) is 16.2. The van der Waals surface area contributed by atoms with Gasteiger partial charge in [-0.25, -0.2) is 8.42 Å². The van der Waals surface area contributed by atoms with Crippen LogP contribution in [0.5, 0.6) is 11.5 Å². The van der Waals surface area contributed by atoms with E-state index in [1.807, 2.05) is 31.2 Å². The van der Waals surface area contributed by atoms with Crippen molar-refractivity contribution < 1.29 is 22.7 Å². The molecule has 1 aromatic heterocycles. The number of halogens is 1. The predicted octanol–water partition coefficient (Wildman–Crippen LogP) is 3.91. The van der Waals surface area contributed by atoms with Crippen molar-refractivity contribution in [3.05, 3.63) is 64.2 Å². The quantitative estimate of drug-likeness (QED) is 0.256. The maximum atomic E-state index is 12.4. The number of carbonyl (C=O) groups excluding carboxylic acids is 1. The number of aryl methyl sites for hydroxylation is 1. The molecule has 3 rings (SSSR count). The molecule has 34 heavy (non-hydrogen) atoms. The van der Waals surface area contributed by atoms with Gasteiger partial charge in [0.1, 0.15) is 36.4 Å². The lowest BCUT2D eigenvalue weighted by Crippen LogP contribution is -2.13. The maximum absolute atomic E-state index is 12.4. The number of amides is 1. The summed E-state index contributed by atoms with van der Waals surface area (Å²) in [7, 11) is -3.60. The van der Waals surface area contributed by atoms with E-state index in [2.05, 4.69) is 14.7 Å². The fraction of sp³-hybridized carbons (Fsp3) is 0.182. The zero-order valence-electron chi connectivity index (χ0n) is 18.1. The number of aromatic nitrogens is 2. The molecule has 2 aromatic carbocycles. The number of anilines is 1. The minimum atomic E-state index is -3.60. The number of nitrogens with zero attached hydrogens (tertiary/aromatic N) is 3. The van der Waals surface area contributed by atoms with Crippen molar-refractivity contribution in [2.45, 2.75) is 12.1 Å². The summed E-state index contributed by atoms with van der Waals surface area (Å²) >= 11 is 6.97. The monoisotopic (exact) mass is 518 g/mol. The standard InChI is InChI=1S/C22H19ClN4O5S2/c1-14-3-6-17(7-4-14)31-9-10-32-19-8-5-15(12-18(19)23)11-16(13-24)20(28)25-21-26-22(27-33-21)34(2,29)30/h3-8,11-12H,9-10H2,1-2H3,(H,25,26,27,28). The van der Waals surface area contributed by atoms with Crippen LogP contribution in [0.4, 0.5) is 5.13 Å². The minimum absolute atomic E-state index is 0.0405. The maximum Gasteiger partial charge on any atom is 0.268 e. The van der Waals surface area contributed by atoms with Gasteiger partial charge in [0.15, 0.2) is 0 Å². The topological polar surface area (TPSA) is 131 Å². The number of hydrogen-bond acceptors (Lipinski definition) is 9. The molecule has 0 saturated carbocycles. The molecule has 0 unspecified atom stereocenters. The lowest BCUT2D eigenvalue weighted by Gasteiger charge is -2.10. The smallest absolute Gasteiger partial charge is 0.268 e. The van der Waals surface area contributed by atoms with Gasteiger partial charge < -0.3 is 9.47 Å². The van der Waals surface area contributed by atoms with Crippen LogP contribution in [-0.4, -0.2) is 43.2 Å². The summed E-state index contributed by atoms with van der Waals surface area (Å²) in [5.74, 6) is 0.406. The average molecular weight is 519 g/mol. The Balaban J connectivity index is 1.60. The van der Waals surface area contributed by atoms with Crippen LogP contribution < -0.4 is 14.8 Å². The van der Waals surface area contributed by atoms with Crippen LogP contribution >= 0.6 is 23.1 Å². The predicted molar refractivity (Wildman–Crippen MR) is 129 cm³/mol. The molecule has 9 nitrogen and oxygen atoms in total. The van der Waals surface area contributed by atoms with Gasteiger partial charge in [-0.3, -0.25) is 10.1 Å². The van der Waals surface area contributed by atoms with E-state index >= 15 is 0 Å². The highest BCUT2D eigenvalue weighted by Crippen LogP contribution is 2.27. The van der Waals surface area contributed by atoms with Gasteiger partial charge >= 0.3 is 0 Å². The molecule has 176 valence electrons. The Hall–Kier alpha value is -3.46. The van der Waals surface area contributed by atoms with E-state index in [-0.39, 0.29) is 17.3 Å². The average Bonchev–Trinajstić information content (AvgIpc) is 3.26. The zero-order valence-corrected chi connectivity index (χ0v) is 20.5. The van der Waals surface area contributed by atoms with Crippen LogP contribution in [0.25, 0.3) is 6.08 Å². The Morgan fingerprint density at radius 3 is 2.53 bits per heavy atom. The Morgan fingerprint density at radius 1 is 1.21 bits per heavy atom. The van der Waals surface area contributed by atoms with Crippen molar-refractivity contribution in [2.75, 3.05) is 24.8 Å². The van der Waals surface area contributed by atoms with Crippen LogP contribution in [-0.2, 0) is 14.6 Å². The van der Waals surface area contributed by atoms with Gasteiger partial charge in [0.2, 0.25) is 15.0 Å². The molecule has 3 aromatic rings. The highest BCUT2D eigenvalue weighted by Gasteiger charge is 2.17. The second-order valence-electron chi connectivity index (χ2n) is 6.98. The van der Waals surface area contributed by atoms with Gasteiger partial charge in [0, 0.05) is 17.8 Å². The number of hydrogen-bond donors (Lipinski definition) is 1. The SMILES string of the molecule is Cc1ccc(OCCOc2ccc(C=C(C#N)C(=O)Nc3nc(S(C)(=O)=O)ns3)cc2Cl)cc1.